The lowest BCUT2D eigenvalue weighted by atomic mass is 9.96. The fourth-order valence-corrected chi connectivity index (χ4v) is 4.12. The lowest BCUT2D eigenvalue weighted by Gasteiger charge is -2.33. The van der Waals surface area contributed by atoms with Crippen molar-refractivity contribution in [3.05, 3.63) is 51.8 Å². The van der Waals surface area contributed by atoms with Crippen molar-refractivity contribution in [3.63, 3.8) is 0 Å². The molecule has 1 aromatic carbocycles. The number of aromatic nitrogens is 3. The number of pyridine rings is 1. The van der Waals surface area contributed by atoms with Gasteiger partial charge in [-0.15, -0.1) is 0 Å². The SMILES string of the molecule is CCc1cc(C(=O)N2CCC(N)c3cc(Cl)ccc32)c2c(C)nn(CC)c2n1. The molecule has 0 fully saturated rings. The second-order valence-corrected chi connectivity index (χ2v) is 7.61. The molecule has 0 radical (unpaired) electrons. The molecule has 1 amide bonds. The molecule has 1 unspecified atom stereocenters. The Bertz CT molecular complexity index is 1070. The molecule has 3 aromatic rings. The number of anilines is 1. The quantitative estimate of drug-likeness (QED) is 0.723. The minimum Gasteiger partial charge on any atom is -0.324 e. The van der Waals surface area contributed by atoms with Crippen LogP contribution in [0.25, 0.3) is 11.0 Å². The van der Waals surface area contributed by atoms with E-state index in [1.807, 2.05) is 48.6 Å². The number of hydrogen-bond acceptors (Lipinski definition) is 4. The maximum Gasteiger partial charge on any atom is 0.259 e. The average Bonchev–Trinajstić information content (AvgIpc) is 3.03. The predicted molar refractivity (Wildman–Crippen MR) is 112 cm³/mol. The molecule has 0 bridgehead atoms. The molecule has 3 heterocycles. The van der Waals surface area contributed by atoms with Crippen LogP contribution in [0.5, 0.6) is 0 Å². The van der Waals surface area contributed by atoms with Crippen LogP contribution in [0, 0.1) is 6.92 Å². The Labute approximate surface area is 169 Å². The number of aryl methyl sites for hydroxylation is 3. The second kappa shape index (κ2) is 7.18. The van der Waals surface area contributed by atoms with E-state index in [9.17, 15) is 4.79 Å². The van der Waals surface area contributed by atoms with Crippen LogP contribution >= 0.6 is 11.6 Å². The predicted octanol–water partition coefficient (Wildman–Crippen LogP) is 4.03. The van der Waals surface area contributed by atoms with Crippen LogP contribution in [-0.4, -0.2) is 27.2 Å². The van der Waals surface area contributed by atoms with Gasteiger partial charge in [-0.2, -0.15) is 5.10 Å². The zero-order valence-electron chi connectivity index (χ0n) is 16.4. The molecular weight excluding hydrogens is 374 g/mol. The molecule has 4 rings (SSSR count). The molecule has 1 aliphatic rings. The van der Waals surface area contributed by atoms with Gasteiger partial charge in [-0.25, -0.2) is 9.67 Å². The van der Waals surface area contributed by atoms with E-state index in [4.69, 9.17) is 22.3 Å². The molecular formula is C21H24ClN5O. The van der Waals surface area contributed by atoms with E-state index in [0.717, 1.165) is 40.1 Å². The van der Waals surface area contributed by atoms with Gasteiger partial charge in [-0.1, -0.05) is 18.5 Å². The van der Waals surface area contributed by atoms with Crippen molar-refractivity contribution in [2.45, 2.75) is 46.2 Å². The topological polar surface area (TPSA) is 77.0 Å². The smallest absolute Gasteiger partial charge is 0.259 e. The van der Waals surface area contributed by atoms with Gasteiger partial charge < -0.3 is 10.6 Å². The summed E-state index contributed by atoms with van der Waals surface area (Å²) in [4.78, 5) is 20.2. The lowest BCUT2D eigenvalue weighted by molar-refractivity contribution is 0.0985. The molecule has 6 nitrogen and oxygen atoms in total. The fraction of sp³-hybridized carbons (Fsp3) is 0.381. The number of halogens is 1. The van der Waals surface area contributed by atoms with Gasteiger partial charge in [0.1, 0.15) is 0 Å². The van der Waals surface area contributed by atoms with Crippen LogP contribution in [-0.2, 0) is 13.0 Å². The van der Waals surface area contributed by atoms with Gasteiger partial charge in [0.15, 0.2) is 5.65 Å². The molecule has 0 aliphatic carbocycles. The van der Waals surface area contributed by atoms with Crippen LogP contribution in [0.2, 0.25) is 5.02 Å². The summed E-state index contributed by atoms with van der Waals surface area (Å²) >= 11 is 6.17. The Morgan fingerprint density at radius 2 is 2.11 bits per heavy atom. The molecule has 0 saturated carbocycles. The van der Waals surface area contributed by atoms with Gasteiger partial charge in [0.25, 0.3) is 5.91 Å². The molecule has 146 valence electrons. The van der Waals surface area contributed by atoms with E-state index < -0.39 is 0 Å². The highest BCUT2D eigenvalue weighted by Crippen LogP contribution is 2.36. The highest BCUT2D eigenvalue weighted by molar-refractivity contribution is 6.30. The summed E-state index contributed by atoms with van der Waals surface area (Å²) in [6.45, 7) is 7.27. The van der Waals surface area contributed by atoms with E-state index in [1.165, 1.54) is 0 Å². The molecule has 28 heavy (non-hydrogen) atoms. The van der Waals surface area contributed by atoms with Crippen molar-refractivity contribution in [2.75, 3.05) is 11.4 Å². The normalized spacial score (nSPS) is 16.5. The van der Waals surface area contributed by atoms with Crippen molar-refractivity contribution in [1.82, 2.24) is 14.8 Å². The van der Waals surface area contributed by atoms with E-state index in [1.54, 1.807) is 6.07 Å². The third-order valence-electron chi connectivity index (χ3n) is 5.41. The van der Waals surface area contributed by atoms with Gasteiger partial charge in [-0.05, 0) is 56.5 Å². The number of nitrogens with two attached hydrogens (primary N) is 1. The van der Waals surface area contributed by atoms with Gasteiger partial charge in [0.05, 0.1) is 16.6 Å². The third kappa shape index (κ3) is 2.97. The van der Waals surface area contributed by atoms with Gasteiger partial charge >= 0.3 is 0 Å². The number of amides is 1. The summed E-state index contributed by atoms with van der Waals surface area (Å²) < 4.78 is 1.86. The van der Waals surface area contributed by atoms with Crippen LogP contribution < -0.4 is 10.6 Å². The van der Waals surface area contributed by atoms with Gasteiger partial charge in [0, 0.05) is 35.5 Å². The van der Waals surface area contributed by atoms with Crippen molar-refractivity contribution in [1.29, 1.82) is 0 Å². The number of carbonyl (C=O) groups is 1. The number of nitrogens with zero attached hydrogens (tertiary/aromatic N) is 4. The fourth-order valence-electron chi connectivity index (χ4n) is 3.94. The molecule has 2 aromatic heterocycles. The van der Waals surface area contributed by atoms with Crippen LogP contribution in [0.15, 0.2) is 24.3 Å². The van der Waals surface area contributed by atoms with E-state index >= 15 is 0 Å². The highest BCUT2D eigenvalue weighted by Gasteiger charge is 2.30. The monoisotopic (exact) mass is 397 g/mol. The Morgan fingerprint density at radius 1 is 1.32 bits per heavy atom. The van der Waals surface area contributed by atoms with Crippen LogP contribution in [0.4, 0.5) is 5.69 Å². The average molecular weight is 398 g/mol. The maximum atomic E-state index is 13.7. The molecule has 0 spiro atoms. The summed E-state index contributed by atoms with van der Waals surface area (Å²) in [6, 6.07) is 7.34. The molecule has 0 saturated heterocycles. The zero-order valence-corrected chi connectivity index (χ0v) is 17.1. The first-order valence-corrected chi connectivity index (χ1v) is 10.1. The first-order chi connectivity index (χ1) is 13.4. The maximum absolute atomic E-state index is 13.7. The Hall–Kier alpha value is -2.44. The Balaban J connectivity index is 1.89. The third-order valence-corrected chi connectivity index (χ3v) is 5.65. The first kappa shape index (κ1) is 18.9. The van der Waals surface area contributed by atoms with E-state index in [0.29, 0.717) is 30.1 Å². The van der Waals surface area contributed by atoms with Crippen molar-refractivity contribution < 1.29 is 4.79 Å². The molecule has 1 aliphatic heterocycles. The summed E-state index contributed by atoms with van der Waals surface area (Å²) in [5.41, 5.74) is 11.1. The largest absolute Gasteiger partial charge is 0.324 e. The number of fused-ring (bicyclic) bond motifs is 2. The number of rotatable bonds is 3. The number of hydrogen-bond donors (Lipinski definition) is 1. The summed E-state index contributed by atoms with van der Waals surface area (Å²) in [7, 11) is 0. The minimum atomic E-state index is -0.119. The number of benzene rings is 1. The lowest BCUT2D eigenvalue weighted by Crippen LogP contribution is -2.38. The van der Waals surface area contributed by atoms with Gasteiger partial charge in [-0.3, -0.25) is 4.79 Å². The summed E-state index contributed by atoms with van der Waals surface area (Å²) in [6.07, 6.45) is 1.45. The zero-order chi connectivity index (χ0) is 20.0. The number of carbonyl (C=O) groups excluding carboxylic acids is 1. The first-order valence-electron chi connectivity index (χ1n) is 9.68. The van der Waals surface area contributed by atoms with Gasteiger partial charge in [0.2, 0.25) is 0 Å². The van der Waals surface area contributed by atoms with Crippen LogP contribution in [0.1, 0.15) is 53.6 Å². The van der Waals surface area contributed by atoms with Crippen molar-refractivity contribution >= 4 is 34.2 Å². The van der Waals surface area contributed by atoms with Crippen molar-refractivity contribution in [2.24, 2.45) is 5.73 Å². The molecule has 7 heteroatoms. The Morgan fingerprint density at radius 3 is 2.82 bits per heavy atom. The molecule has 1 atom stereocenters. The minimum absolute atomic E-state index is 0.0451. The van der Waals surface area contributed by atoms with Crippen LogP contribution in [0.3, 0.4) is 0 Å². The van der Waals surface area contributed by atoms with E-state index in [-0.39, 0.29) is 11.9 Å². The standard InChI is InChI=1S/C21H24ClN5O/c1-4-14-11-16(19-12(3)25-27(5-2)20(19)24-14)21(28)26-9-8-17(23)15-10-13(22)6-7-18(15)26/h6-7,10-11,17H,4-5,8-9,23H2,1-3H3. The van der Waals surface area contributed by atoms with E-state index in [2.05, 4.69) is 5.10 Å². The van der Waals surface area contributed by atoms with Crippen molar-refractivity contribution in [3.8, 4) is 0 Å². The highest BCUT2D eigenvalue weighted by atomic mass is 35.5. The Kier molecular flexibility index (Phi) is 4.85. The summed E-state index contributed by atoms with van der Waals surface area (Å²) in [5.74, 6) is -0.0451. The second-order valence-electron chi connectivity index (χ2n) is 7.17. The summed E-state index contributed by atoms with van der Waals surface area (Å²) in [5, 5.41) is 6.04. The molecule has 2 N–H and O–H groups in total.